The summed E-state index contributed by atoms with van der Waals surface area (Å²) in [4.78, 5) is 50.7. The van der Waals surface area contributed by atoms with Gasteiger partial charge in [-0.1, -0.05) is 78.9 Å². The Morgan fingerprint density at radius 3 is 1.65 bits per heavy atom. The van der Waals surface area contributed by atoms with Crippen LogP contribution < -0.4 is 0 Å². The number of carbonyl (C=O) groups excluding carboxylic acids is 4. The molecule has 0 amide bonds. The van der Waals surface area contributed by atoms with Crippen molar-refractivity contribution in [2.75, 3.05) is 6.61 Å². The SMILES string of the molecule is O=C(OCC(O)C(O)(C(=O)c1ccccc1)C(O)C(=O)C(=O)c1ccccc1)c1ccccc1. The van der Waals surface area contributed by atoms with Gasteiger partial charge < -0.3 is 20.1 Å². The summed E-state index contributed by atoms with van der Waals surface area (Å²) in [5.41, 5.74) is -3.26. The van der Waals surface area contributed by atoms with Gasteiger partial charge in [-0.2, -0.15) is 0 Å². The number of ketones is 3. The molecule has 3 unspecified atom stereocenters. The van der Waals surface area contributed by atoms with Crippen LogP contribution in [0.15, 0.2) is 91.0 Å². The predicted octanol–water partition coefficient (Wildman–Crippen LogP) is 1.63. The lowest BCUT2D eigenvalue weighted by Crippen LogP contribution is -2.63. The third kappa shape index (κ3) is 5.15. The number of benzene rings is 3. The number of aliphatic hydroxyl groups excluding tert-OH is 2. The van der Waals surface area contributed by atoms with Crippen molar-refractivity contribution in [3.05, 3.63) is 108 Å². The third-order valence-electron chi connectivity index (χ3n) is 5.21. The Kier molecular flexibility index (Phi) is 7.80. The molecule has 3 rings (SSSR count). The fourth-order valence-electron chi connectivity index (χ4n) is 3.27. The highest BCUT2D eigenvalue weighted by Gasteiger charge is 2.54. The van der Waals surface area contributed by atoms with Crippen LogP contribution in [0.3, 0.4) is 0 Å². The molecular weight excluding hydrogens is 440 g/mol. The van der Waals surface area contributed by atoms with Crippen LogP contribution in [0.4, 0.5) is 0 Å². The molecule has 0 saturated heterocycles. The summed E-state index contributed by atoms with van der Waals surface area (Å²) in [6.07, 6.45) is -4.88. The number of carbonyl (C=O) groups is 4. The monoisotopic (exact) mass is 462 g/mol. The lowest BCUT2D eigenvalue weighted by molar-refractivity contribution is -0.152. The fraction of sp³-hybridized carbons (Fsp3) is 0.154. The minimum Gasteiger partial charge on any atom is -0.459 e. The second-order valence-electron chi connectivity index (χ2n) is 7.46. The van der Waals surface area contributed by atoms with Gasteiger partial charge in [0.1, 0.15) is 12.7 Å². The standard InChI is InChI=1S/C26H22O8/c27-20(16-34-25(32)19-14-8-3-9-15-19)26(33,23(30)18-12-6-2-7-13-18)24(31)22(29)21(28)17-10-4-1-5-11-17/h1-15,20,24,27,31,33H,16H2. The van der Waals surface area contributed by atoms with Gasteiger partial charge in [-0.3, -0.25) is 14.4 Å². The maximum Gasteiger partial charge on any atom is 0.338 e. The number of Topliss-reactive ketones (excluding diaryl/α,β-unsaturated/α-hetero) is 3. The minimum atomic E-state index is -3.18. The van der Waals surface area contributed by atoms with Gasteiger partial charge in [-0.15, -0.1) is 0 Å². The summed E-state index contributed by atoms with van der Waals surface area (Å²) in [6, 6.07) is 22.1. The highest BCUT2D eigenvalue weighted by atomic mass is 16.5. The van der Waals surface area contributed by atoms with E-state index in [1.807, 2.05) is 0 Å². The molecule has 0 aliphatic heterocycles. The number of esters is 1. The van der Waals surface area contributed by atoms with Crippen LogP contribution >= 0.6 is 0 Å². The van der Waals surface area contributed by atoms with Crippen LogP contribution in [-0.2, 0) is 9.53 Å². The Bertz CT molecular complexity index is 1160. The molecule has 0 bridgehead atoms. The number of ether oxygens (including phenoxy) is 1. The maximum atomic E-state index is 13.2. The van der Waals surface area contributed by atoms with Crippen molar-refractivity contribution < 1.29 is 39.2 Å². The van der Waals surface area contributed by atoms with E-state index in [1.54, 1.807) is 30.3 Å². The molecule has 0 aliphatic rings. The number of hydrogen-bond acceptors (Lipinski definition) is 8. The first kappa shape index (κ1) is 24.7. The van der Waals surface area contributed by atoms with Crippen molar-refractivity contribution in [2.45, 2.75) is 17.8 Å². The fourth-order valence-corrected chi connectivity index (χ4v) is 3.27. The number of rotatable bonds is 10. The number of aliphatic hydroxyl groups is 3. The highest BCUT2D eigenvalue weighted by molar-refractivity contribution is 6.45. The molecule has 0 saturated carbocycles. The van der Waals surface area contributed by atoms with Crippen LogP contribution in [0.25, 0.3) is 0 Å². The zero-order valence-corrected chi connectivity index (χ0v) is 17.9. The first-order chi connectivity index (χ1) is 16.3. The van der Waals surface area contributed by atoms with Crippen molar-refractivity contribution in [1.29, 1.82) is 0 Å². The molecule has 8 nitrogen and oxygen atoms in total. The molecule has 0 heterocycles. The summed E-state index contributed by atoms with van der Waals surface area (Å²) >= 11 is 0. The van der Waals surface area contributed by atoms with Gasteiger partial charge in [-0.25, -0.2) is 4.79 Å². The summed E-state index contributed by atoms with van der Waals surface area (Å²) in [5.74, 6) is -4.76. The van der Waals surface area contributed by atoms with E-state index in [9.17, 15) is 34.5 Å². The first-order valence-electron chi connectivity index (χ1n) is 10.3. The van der Waals surface area contributed by atoms with E-state index >= 15 is 0 Å². The Hall–Kier alpha value is -3.98. The van der Waals surface area contributed by atoms with Gasteiger partial charge in [0.05, 0.1) is 5.56 Å². The van der Waals surface area contributed by atoms with Crippen LogP contribution in [0.1, 0.15) is 31.1 Å². The van der Waals surface area contributed by atoms with Gasteiger partial charge in [0.15, 0.2) is 17.5 Å². The van der Waals surface area contributed by atoms with Crippen LogP contribution in [0.5, 0.6) is 0 Å². The van der Waals surface area contributed by atoms with E-state index in [-0.39, 0.29) is 16.7 Å². The molecule has 0 aliphatic carbocycles. The van der Waals surface area contributed by atoms with E-state index in [4.69, 9.17) is 4.74 Å². The van der Waals surface area contributed by atoms with Crippen molar-refractivity contribution >= 4 is 23.3 Å². The van der Waals surface area contributed by atoms with E-state index in [0.717, 1.165) is 0 Å². The number of hydrogen-bond donors (Lipinski definition) is 3. The normalized spacial score (nSPS) is 14.3. The zero-order chi connectivity index (χ0) is 24.7. The van der Waals surface area contributed by atoms with Gasteiger partial charge in [0.2, 0.25) is 11.6 Å². The molecule has 0 fully saturated rings. The predicted molar refractivity (Wildman–Crippen MR) is 120 cm³/mol. The van der Waals surface area contributed by atoms with Crippen molar-refractivity contribution in [1.82, 2.24) is 0 Å². The molecule has 0 radical (unpaired) electrons. The van der Waals surface area contributed by atoms with E-state index in [2.05, 4.69) is 0 Å². The van der Waals surface area contributed by atoms with Gasteiger partial charge in [0, 0.05) is 11.1 Å². The summed E-state index contributed by atoms with van der Waals surface area (Å²) in [6.45, 7) is -0.938. The highest BCUT2D eigenvalue weighted by Crippen LogP contribution is 2.25. The van der Waals surface area contributed by atoms with Gasteiger partial charge >= 0.3 is 5.97 Å². The van der Waals surface area contributed by atoms with Crippen molar-refractivity contribution in [3.8, 4) is 0 Å². The largest absolute Gasteiger partial charge is 0.459 e. The molecule has 8 heteroatoms. The molecule has 3 aromatic rings. The maximum absolute atomic E-state index is 13.2. The van der Waals surface area contributed by atoms with Crippen LogP contribution in [-0.4, -0.2) is 63.1 Å². The Morgan fingerprint density at radius 2 is 1.15 bits per heavy atom. The third-order valence-corrected chi connectivity index (χ3v) is 5.21. The lowest BCUT2D eigenvalue weighted by atomic mass is 9.80. The zero-order valence-electron chi connectivity index (χ0n) is 17.9. The molecule has 34 heavy (non-hydrogen) atoms. The van der Waals surface area contributed by atoms with Crippen molar-refractivity contribution in [2.24, 2.45) is 0 Å². The molecule has 174 valence electrons. The van der Waals surface area contributed by atoms with E-state index < -0.39 is 47.7 Å². The quantitative estimate of drug-likeness (QED) is 0.235. The first-order valence-corrected chi connectivity index (χ1v) is 10.3. The van der Waals surface area contributed by atoms with E-state index in [1.165, 1.54) is 60.7 Å². The summed E-state index contributed by atoms with van der Waals surface area (Å²) < 4.78 is 4.99. The average molecular weight is 462 g/mol. The van der Waals surface area contributed by atoms with Gasteiger partial charge in [0.25, 0.3) is 0 Å². The minimum absolute atomic E-state index is 0.0777. The molecule has 3 atom stereocenters. The topological polar surface area (TPSA) is 138 Å². The molecule has 0 spiro atoms. The van der Waals surface area contributed by atoms with Crippen molar-refractivity contribution in [3.63, 3.8) is 0 Å². The average Bonchev–Trinajstić information content (AvgIpc) is 2.90. The van der Waals surface area contributed by atoms with E-state index in [0.29, 0.717) is 0 Å². The Morgan fingerprint density at radius 1 is 0.706 bits per heavy atom. The molecule has 3 N–H and O–H groups in total. The van der Waals surface area contributed by atoms with Crippen LogP contribution in [0.2, 0.25) is 0 Å². The molecule has 0 aromatic heterocycles. The smallest absolute Gasteiger partial charge is 0.338 e. The lowest BCUT2D eigenvalue weighted by Gasteiger charge is -2.34. The Labute approximate surface area is 195 Å². The second-order valence-corrected chi connectivity index (χ2v) is 7.46. The summed E-state index contributed by atoms with van der Waals surface area (Å²) in [5, 5.41) is 32.6. The Balaban J connectivity index is 1.90. The molecular formula is C26H22O8. The van der Waals surface area contributed by atoms with Crippen LogP contribution in [0, 0.1) is 0 Å². The van der Waals surface area contributed by atoms with Gasteiger partial charge in [-0.05, 0) is 12.1 Å². The second kappa shape index (κ2) is 10.8. The summed E-state index contributed by atoms with van der Waals surface area (Å²) in [7, 11) is 0. The molecule has 3 aromatic carbocycles.